The summed E-state index contributed by atoms with van der Waals surface area (Å²) in [4.78, 5) is 40.9. The van der Waals surface area contributed by atoms with E-state index < -0.39 is 11.6 Å². The number of nitrogens with zero attached hydrogens (tertiary/aromatic N) is 2. The number of carbonyl (C=O) groups excluding carboxylic acids is 3. The van der Waals surface area contributed by atoms with Gasteiger partial charge >= 0.3 is 6.03 Å². The molecule has 4 rings (SSSR count). The number of benzene rings is 1. The van der Waals surface area contributed by atoms with Gasteiger partial charge in [-0.2, -0.15) is 0 Å². The zero-order valence-electron chi connectivity index (χ0n) is 16.6. The van der Waals surface area contributed by atoms with E-state index in [9.17, 15) is 14.4 Å². The minimum Gasteiger partial charge on any atom is -0.368 e. The van der Waals surface area contributed by atoms with Crippen LogP contribution in [0.3, 0.4) is 0 Å². The quantitative estimate of drug-likeness (QED) is 0.758. The molecule has 4 amide bonds. The summed E-state index contributed by atoms with van der Waals surface area (Å²) in [5.41, 5.74) is 2.92. The van der Waals surface area contributed by atoms with Crippen molar-refractivity contribution in [3.63, 3.8) is 0 Å². The first-order chi connectivity index (χ1) is 13.4. The second-order valence-corrected chi connectivity index (χ2v) is 8.24. The van der Waals surface area contributed by atoms with Crippen molar-refractivity contribution in [2.45, 2.75) is 45.1 Å². The van der Waals surface area contributed by atoms with Gasteiger partial charge in [0, 0.05) is 38.3 Å². The zero-order chi connectivity index (χ0) is 19.9. The number of rotatable bonds is 5. The third-order valence-corrected chi connectivity index (χ3v) is 6.53. The maximum Gasteiger partial charge on any atom is 0.322 e. The van der Waals surface area contributed by atoms with Gasteiger partial charge in [0.25, 0.3) is 5.91 Å². The smallest absolute Gasteiger partial charge is 0.322 e. The molecule has 1 aromatic carbocycles. The van der Waals surface area contributed by atoms with Crippen LogP contribution in [0.4, 0.5) is 10.5 Å². The van der Waals surface area contributed by atoms with E-state index in [0.717, 1.165) is 25.9 Å². The fourth-order valence-corrected chi connectivity index (χ4v) is 4.49. The third-order valence-electron chi connectivity index (χ3n) is 6.53. The molecule has 1 aromatic rings. The maximum absolute atomic E-state index is 12.8. The fraction of sp³-hybridized carbons (Fsp3) is 0.571. The molecular formula is C21H28N4O3. The molecule has 3 aliphatic rings. The lowest BCUT2D eigenvalue weighted by Crippen LogP contribution is -2.52. The first kappa shape index (κ1) is 18.8. The van der Waals surface area contributed by atoms with Crippen LogP contribution in [-0.2, 0) is 9.59 Å². The van der Waals surface area contributed by atoms with Crippen molar-refractivity contribution < 1.29 is 14.4 Å². The Morgan fingerprint density at radius 2 is 1.86 bits per heavy atom. The van der Waals surface area contributed by atoms with E-state index in [2.05, 4.69) is 47.6 Å². The van der Waals surface area contributed by atoms with Gasteiger partial charge in [-0.05, 0) is 56.2 Å². The molecule has 1 saturated carbocycles. The van der Waals surface area contributed by atoms with Crippen LogP contribution < -0.4 is 15.5 Å². The number of anilines is 1. The molecule has 0 radical (unpaired) electrons. The Morgan fingerprint density at radius 3 is 2.46 bits per heavy atom. The van der Waals surface area contributed by atoms with Crippen LogP contribution in [0.15, 0.2) is 18.2 Å². The number of piperazine rings is 1. The van der Waals surface area contributed by atoms with Gasteiger partial charge in [-0.3, -0.25) is 14.9 Å². The highest BCUT2D eigenvalue weighted by atomic mass is 16.2. The Kier molecular flexibility index (Phi) is 4.77. The summed E-state index contributed by atoms with van der Waals surface area (Å²) in [7, 11) is 0. The van der Waals surface area contributed by atoms with Gasteiger partial charge in [-0.15, -0.1) is 0 Å². The van der Waals surface area contributed by atoms with Gasteiger partial charge in [-0.25, -0.2) is 4.79 Å². The lowest BCUT2D eigenvalue weighted by atomic mass is 9.87. The van der Waals surface area contributed by atoms with Crippen LogP contribution in [0, 0.1) is 19.8 Å². The average molecular weight is 384 g/mol. The molecule has 7 nitrogen and oxygen atoms in total. The number of nitrogens with one attached hydrogen (secondary N) is 2. The molecule has 0 aromatic heterocycles. The van der Waals surface area contributed by atoms with Crippen molar-refractivity contribution in [2.75, 3.05) is 31.1 Å². The van der Waals surface area contributed by atoms with Crippen LogP contribution in [0.25, 0.3) is 0 Å². The number of hydrogen-bond donors (Lipinski definition) is 2. The molecule has 3 fully saturated rings. The molecule has 0 spiro atoms. The number of aryl methyl sites for hydroxylation is 1. The van der Waals surface area contributed by atoms with Crippen LogP contribution in [-0.4, -0.2) is 54.5 Å². The Hall–Kier alpha value is -2.57. The largest absolute Gasteiger partial charge is 0.368 e. The first-order valence-corrected chi connectivity index (χ1v) is 10.1. The average Bonchev–Trinajstić information content (AvgIpc) is 3.48. The lowest BCUT2D eigenvalue weighted by Gasteiger charge is -2.37. The summed E-state index contributed by atoms with van der Waals surface area (Å²) < 4.78 is 0. The van der Waals surface area contributed by atoms with E-state index in [4.69, 9.17) is 0 Å². The maximum atomic E-state index is 12.8. The minimum atomic E-state index is -0.882. The Balaban J connectivity index is 1.34. The van der Waals surface area contributed by atoms with Crippen LogP contribution in [0.2, 0.25) is 0 Å². The molecule has 1 aliphatic carbocycles. The Labute approximate surface area is 165 Å². The highest BCUT2D eigenvalue weighted by Gasteiger charge is 2.55. The van der Waals surface area contributed by atoms with Crippen molar-refractivity contribution >= 4 is 23.5 Å². The molecule has 2 N–H and O–H groups in total. The second kappa shape index (κ2) is 7.11. The van der Waals surface area contributed by atoms with Crippen LogP contribution >= 0.6 is 0 Å². The molecule has 1 atom stereocenters. The number of amides is 4. The summed E-state index contributed by atoms with van der Waals surface area (Å²) >= 11 is 0. The standard InChI is InChI=1S/C21H28N4O3/c1-14-4-3-5-17(15(14)2)24-10-12-25(13-11-24)18(26)8-9-21(16-6-7-16)19(27)22-20(28)23-21/h3-5,16H,6-13H2,1-2H3,(H2,22,23,27,28). The summed E-state index contributed by atoms with van der Waals surface area (Å²) in [5, 5.41) is 5.14. The molecule has 7 heteroatoms. The van der Waals surface area contributed by atoms with Gasteiger partial charge in [0.05, 0.1) is 0 Å². The Bertz CT molecular complexity index is 812. The van der Waals surface area contributed by atoms with E-state index in [1.54, 1.807) is 0 Å². The number of carbonyl (C=O) groups is 3. The summed E-state index contributed by atoms with van der Waals surface area (Å²) in [6, 6.07) is 5.90. The molecule has 2 heterocycles. The molecule has 2 saturated heterocycles. The predicted molar refractivity (Wildman–Crippen MR) is 106 cm³/mol. The number of urea groups is 1. The van der Waals surface area contributed by atoms with Crippen molar-refractivity contribution in [3.8, 4) is 0 Å². The SMILES string of the molecule is Cc1cccc(N2CCN(C(=O)CCC3(C4CC4)NC(=O)NC3=O)CC2)c1C. The molecule has 28 heavy (non-hydrogen) atoms. The summed E-state index contributed by atoms with van der Waals surface area (Å²) in [5.74, 6) is -0.0463. The topological polar surface area (TPSA) is 81.8 Å². The predicted octanol–water partition coefficient (Wildman–Crippen LogP) is 1.72. The number of hydrogen-bond acceptors (Lipinski definition) is 4. The van der Waals surface area contributed by atoms with Gasteiger partial charge < -0.3 is 15.1 Å². The van der Waals surface area contributed by atoms with Crippen LogP contribution in [0.1, 0.15) is 36.8 Å². The normalized spacial score (nSPS) is 24.9. The van der Waals surface area contributed by atoms with Crippen molar-refractivity contribution in [2.24, 2.45) is 5.92 Å². The van der Waals surface area contributed by atoms with Crippen molar-refractivity contribution in [1.29, 1.82) is 0 Å². The van der Waals surface area contributed by atoms with E-state index in [1.165, 1.54) is 16.8 Å². The fourth-order valence-electron chi connectivity index (χ4n) is 4.49. The van der Waals surface area contributed by atoms with E-state index >= 15 is 0 Å². The number of imide groups is 1. The molecular weight excluding hydrogens is 356 g/mol. The monoisotopic (exact) mass is 384 g/mol. The Morgan fingerprint density at radius 1 is 1.14 bits per heavy atom. The lowest BCUT2D eigenvalue weighted by molar-refractivity contribution is -0.132. The molecule has 1 unspecified atom stereocenters. The van der Waals surface area contributed by atoms with Crippen molar-refractivity contribution in [1.82, 2.24) is 15.5 Å². The minimum absolute atomic E-state index is 0.0644. The van der Waals surface area contributed by atoms with Gasteiger partial charge in [0.2, 0.25) is 5.91 Å². The van der Waals surface area contributed by atoms with E-state index in [0.29, 0.717) is 19.5 Å². The summed E-state index contributed by atoms with van der Waals surface area (Å²) in [6.07, 6.45) is 2.52. The molecule has 150 valence electrons. The highest BCUT2D eigenvalue weighted by molar-refractivity contribution is 6.07. The third kappa shape index (κ3) is 3.34. The van der Waals surface area contributed by atoms with Crippen LogP contribution in [0.5, 0.6) is 0 Å². The van der Waals surface area contributed by atoms with E-state index in [-0.39, 0.29) is 24.2 Å². The van der Waals surface area contributed by atoms with Crippen molar-refractivity contribution in [3.05, 3.63) is 29.3 Å². The summed E-state index contributed by atoms with van der Waals surface area (Å²) in [6.45, 7) is 7.23. The van der Waals surface area contributed by atoms with Gasteiger partial charge in [0.1, 0.15) is 5.54 Å². The first-order valence-electron chi connectivity index (χ1n) is 10.1. The van der Waals surface area contributed by atoms with Gasteiger partial charge in [-0.1, -0.05) is 12.1 Å². The highest BCUT2D eigenvalue weighted by Crippen LogP contribution is 2.43. The molecule has 0 bridgehead atoms. The second-order valence-electron chi connectivity index (χ2n) is 8.24. The zero-order valence-corrected chi connectivity index (χ0v) is 16.6. The van der Waals surface area contributed by atoms with Gasteiger partial charge in [0.15, 0.2) is 0 Å². The molecule has 2 aliphatic heterocycles. The van der Waals surface area contributed by atoms with E-state index in [1.807, 2.05) is 4.90 Å².